The van der Waals surface area contributed by atoms with Crippen LogP contribution in [-0.4, -0.2) is 33.8 Å². The van der Waals surface area contributed by atoms with E-state index < -0.39 is 17.8 Å². The van der Waals surface area contributed by atoms with Crippen molar-refractivity contribution >= 4 is 61.0 Å². The van der Waals surface area contributed by atoms with Gasteiger partial charge in [0.25, 0.3) is 0 Å². The van der Waals surface area contributed by atoms with E-state index in [-0.39, 0.29) is 17.7 Å². The molecule has 0 radical (unpaired) electrons. The first-order valence-electron chi connectivity index (χ1n) is 9.92. The number of alkyl carbamates (subject to hydrolysis) is 1. The molecule has 0 spiro atoms. The van der Waals surface area contributed by atoms with Crippen molar-refractivity contribution in [2.75, 3.05) is 0 Å². The molecular formula is C21H22BrN5O4S2. The van der Waals surface area contributed by atoms with E-state index in [0.717, 1.165) is 9.75 Å². The predicted octanol–water partition coefficient (Wildman–Crippen LogP) is 5.13. The largest absolute Gasteiger partial charge is 0.444 e. The maximum atomic E-state index is 12.3. The predicted molar refractivity (Wildman–Crippen MR) is 130 cm³/mol. The highest BCUT2D eigenvalue weighted by Gasteiger charge is 2.23. The quantitative estimate of drug-likeness (QED) is 0.434. The van der Waals surface area contributed by atoms with Gasteiger partial charge < -0.3 is 20.1 Å². The molecule has 0 aliphatic rings. The molecule has 3 aromatic rings. The van der Waals surface area contributed by atoms with Crippen molar-refractivity contribution in [3.63, 3.8) is 0 Å². The molecular weight excluding hydrogens is 530 g/mol. The van der Waals surface area contributed by atoms with Crippen molar-refractivity contribution < 1.29 is 19.1 Å². The fourth-order valence-corrected chi connectivity index (χ4v) is 5.41. The van der Waals surface area contributed by atoms with Crippen LogP contribution in [0.1, 0.15) is 43.3 Å². The van der Waals surface area contributed by atoms with Crippen molar-refractivity contribution in [2.24, 2.45) is 0 Å². The van der Waals surface area contributed by atoms with Crippen LogP contribution in [0.4, 0.5) is 9.59 Å². The van der Waals surface area contributed by atoms with Gasteiger partial charge in [0, 0.05) is 22.2 Å². The molecule has 33 heavy (non-hydrogen) atoms. The van der Waals surface area contributed by atoms with Gasteiger partial charge in [0.05, 0.1) is 11.0 Å². The molecule has 0 saturated carbocycles. The number of fused-ring (bicyclic) bond motifs is 1. The van der Waals surface area contributed by atoms with Gasteiger partial charge in [-0.05, 0) is 55.1 Å². The Balaban J connectivity index is 1.78. The Morgan fingerprint density at radius 1 is 1.30 bits per heavy atom. The third-order valence-corrected chi connectivity index (χ3v) is 7.23. The standard InChI is InChI=1S/C21H22BrN5O4S2/c1-11(25-20(29)31-21(2,3)4)8-13-15(22)16-17(33-13)18(27-14(9-23)26-16)30-19(28)24-10-12-6-5-7-32-12/h5-7,11H,8,10H2,1-4H3,(H,24,28)(H,25,29). The van der Waals surface area contributed by atoms with Crippen molar-refractivity contribution in [1.82, 2.24) is 20.6 Å². The molecule has 0 aliphatic heterocycles. The summed E-state index contributed by atoms with van der Waals surface area (Å²) >= 11 is 6.36. The Morgan fingerprint density at radius 3 is 2.70 bits per heavy atom. The zero-order valence-corrected chi connectivity index (χ0v) is 21.6. The molecule has 2 N–H and O–H groups in total. The van der Waals surface area contributed by atoms with E-state index >= 15 is 0 Å². The number of nitriles is 1. The van der Waals surface area contributed by atoms with Crippen molar-refractivity contribution in [2.45, 2.75) is 52.3 Å². The Hall–Kier alpha value is -2.75. The molecule has 0 bridgehead atoms. The van der Waals surface area contributed by atoms with E-state index in [1.807, 2.05) is 30.5 Å². The number of nitrogens with one attached hydrogen (secondary N) is 2. The van der Waals surface area contributed by atoms with Crippen LogP contribution in [0.5, 0.6) is 5.88 Å². The second kappa shape index (κ2) is 10.5. The van der Waals surface area contributed by atoms with Gasteiger partial charge in [0.1, 0.15) is 21.9 Å². The number of hydrogen-bond donors (Lipinski definition) is 2. The van der Waals surface area contributed by atoms with Gasteiger partial charge in [0.2, 0.25) is 11.7 Å². The molecule has 1 unspecified atom stereocenters. The lowest BCUT2D eigenvalue weighted by Crippen LogP contribution is -2.38. The van der Waals surface area contributed by atoms with Crippen LogP contribution < -0.4 is 15.4 Å². The molecule has 3 heterocycles. The summed E-state index contributed by atoms with van der Waals surface area (Å²) in [6, 6.07) is 5.44. The van der Waals surface area contributed by atoms with Crippen LogP contribution >= 0.6 is 38.6 Å². The summed E-state index contributed by atoms with van der Waals surface area (Å²) in [7, 11) is 0. The summed E-state index contributed by atoms with van der Waals surface area (Å²) in [5.74, 6) is -0.113. The lowest BCUT2D eigenvalue weighted by atomic mass is 10.2. The van der Waals surface area contributed by atoms with Gasteiger partial charge in [0.15, 0.2) is 0 Å². The van der Waals surface area contributed by atoms with Gasteiger partial charge in [-0.15, -0.1) is 22.7 Å². The van der Waals surface area contributed by atoms with Crippen molar-refractivity contribution in [3.8, 4) is 11.9 Å². The zero-order chi connectivity index (χ0) is 24.2. The molecule has 3 aromatic heterocycles. The van der Waals surface area contributed by atoms with Crippen LogP contribution in [0.25, 0.3) is 10.2 Å². The number of rotatable bonds is 6. The number of thiophene rings is 2. The van der Waals surface area contributed by atoms with Gasteiger partial charge in [-0.25, -0.2) is 14.6 Å². The van der Waals surface area contributed by atoms with Crippen LogP contribution in [0.3, 0.4) is 0 Å². The molecule has 0 aromatic carbocycles. The number of hydrogen-bond acceptors (Lipinski definition) is 9. The first-order chi connectivity index (χ1) is 15.6. The van der Waals surface area contributed by atoms with Gasteiger partial charge in [-0.2, -0.15) is 10.2 Å². The number of nitrogens with zero attached hydrogens (tertiary/aromatic N) is 3. The molecule has 12 heteroatoms. The SMILES string of the molecule is CC(Cc1sc2c(OC(=O)NCc3cccs3)nc(C#N)nc2c1Br)NC(=O)OC(C)(C)C. The minimum absolute atomic E-state index is 0.00457. The highest BCUT2D eigenvalue weighted by Crippen LogP contribution is 2.39. The summed E-state index contributed by atoms with van der Waals surface area (Å²) in [5.41, 5.74) is -0.131. The van der Waals surface area contributed by atoms with E-state index in [4.69, 9.17) is 9.47 Å². The Morgan fingerprint density at radius 2 is 2.06 bits per heavy atom. The fourth-order valence-electron chi connectivity index (χ4n) is 2.76. The maximum absolute atomic E-state index is 12.3. The number of carbonyl (C=O) groups excluding carboxylic acids is 2. The van der Waals surface area contributed by atoms with Crippen LogP contribution in [0.15, 0.2) is 22.0 Å². The van der Waals surface area contributed by atoms with E-state index in [0.29, 0.717) is 27.7 Å². The van der Waals surface area contributed by atoms with Gasteiger partial charge in [-0.1, -0.05) is 6.07 Å². The van der Waals surface area contributed by atoms with E-state index in [2.05, 4.69) is 36.5 Å². The van der Waals surface area contributed by atoms with Crippen molar-refractivity contribution in [3.05, 3.63) is 37.6 Å². The lowest BCUT2D eigenvalue weighted by molar-refractivity contribution is 0.0508. The van der Waals surface area contributed by atoms with Gasteiger partial charge >= 0.3 is 12.2 Å². The fraction of sp³-hybridized carbons (Fsp3) is 0.381. The summed E-state index contributed by atoms with van der Waals surface area (Å²) in [5, 5.41) is 16.7. The molecule has 9 nitrogen and oxygen atoms in total. The van der Waals surface area contributed by atoms with E-state index in [1.54, 1.807) is 20.8 Å². The number of amides is 2. The Bertz CT molecular complexity index is 1200. The maximum Gasteiger partial charge on any atom is 0.414 e. The third-order valence-electron chi connectivity index (χ3n) is 4.04. The van der Waals surface area contributed by atoms with E-state index in [9.17, 15) is 14.9 Å². The normalized spacial score (nSPS) is 12.1. The lowest BCUT2D eigenvalue weighted by Gasteiger charge is -2.21. The molecule has 3 rings (SSSR count). The first kappa shape index (κ1) is 24.9. The van der Waals surface area contributed by atoms with Gasteiger partial charge in [-0.3, -0.25) is 0 Å². The minimum Gasteiger partial charge on any atom is -0.444 e. The molecule has 1 atom stereocenters. The summed E-state index contributed by atoms with van der Waals surface area (Å²) in [6.07, 6.45) is -0.726. The van der Waals surface area contributed by atoms with E-state index in [1.165, 1.54) is 22.7 Å². The average molecular weight is 552 g/mol. The average Bonchev–Trinajstić information content (AvgIpc) is 3.34. The third kappa shape index (κ3) is 6.86. The number of ether oxygens (including phenoxy) is 2. The molecule has 2 amide bonds. The highest BCUT2D eigenvalue weighted by atomic mass is 79.9. The number of aromatic nitrogens is 2. The molecule has 0 fully saturated rings. The van der Waals surface area contributed by atoms with Crippen LogP contribution in [0.2, 0.25) is 0 Å². The summed E-state index contributed by atoms with van der Waals surface area (Å²) < 4.78 is 11.9. The molecule has 174 valence electrons. The Labute approximate surface area is 207 Å². The first-order valence-corrected chi connectivity index (χ1v) is 12.4. The highest BCUT2D eigenvalue weighted by molar-refractivity contribution is 9.10. The smallest absolute Gasteiger partial charge is 0.414 e. The van der Waals surface area contributed by atoms with Crippen LogP contribution in [-0.2, 0) is 17.7 Å². The summed E-state index contributed by atoms with van der Waals surface area (Å²) in [4.78, 5) is 34.5. The number of halogens is 1. The molecule has 0 saturated heterocycles. The molecule has 0 aliphatic carbocycles. The Kier molecular flexibility index (Phi) is 7.88. The second-order valence-corrected chi connectivity index (χ2v) is 11.0. The second-order valence-electron chi connectivity index (χ2n) is 8.05. The zero-order valence-electron chi connectivity index (χ0n) is 18.4. The topological polar surface area (TPSA) is 126 Å². The number of carbonyl (C=O) groups is 2. The van der Waals surface area contributed by atoms with Crippen LogP contribution in [0, 0.1) is 11.3 Å². The monoisotopic (exact) mass is 551 g/mol. The van der Waals surface area contributed by atoms with Crippen molar-refractivity contribution in [1.29, 1.82) is 5.26 Å². The summed E-state index contributed by atoms with van der Waals surface area (Å²) in [6.45, 7) is 7.56. The minimum atomic E-state index is -0.682.